The SMILES string of the molecule is CN(C)CCCN=C1c2cccc3cccc(c23)N1Cc1ccc(Cl)cc1.Cl.Cl. The Labute approximate surface area is 190 Å². The molecule has 154 valence electrons. The molecule has 0 atom stereocenters. The first-order valence-corrected chi connectivity index (χ1v) is 9.74. The second kappa shape index (κ2) is 10.3. The Hall–Kier alpha value is -1.78. The molecule has 0 spiro atoms. The fourth-order valence-corrected chi connectivity index (χ4v) is 3.79. The van der Waals surface area contributed by atoms with E-state index in [1.165, 1.54) is 27.6 Å². The second-order valence-corrected chi connectivity index (χ2v) is 7.69. The van der Waals surface area contributed by atoms with Crippen molar-refractivity contribution in [2.45, 2.75) is 13.0 Å². The molecule has 1 aliphatic rings. The van der Waals surface area contributed by atoms with Crippen LogP contribution in [0.1, 0.15) is 17.5 Å². The van der Waals surface area contributed by atoms with E-state index < -0.39 is 0 Å². The third-order valence-electron chi connectivity index (χ3n) is 4.95. The van der Waals surface area contributed by atoms with Crippen molar-refractivity contribution in [1.29, 1.82) is 0 Å². The molecule has 0 N–H and O–H groups in total. The average molecular weight is 451 g/mol. The summed E-state index contributed by atoms with van der Waals surface area (Å²) in [6.45, 7) is 2.66. The van der Waals surface area contributed by atoms with Crippen molar-refractivity contribution in [2.75, 3.05) is 32.1 Å². The van der Waals surface area contributed by atoms with Gasteiger partial charge in [0.2, 0.25) is 0 Å². The normalized spacial score (nSPS) is 13.7. The van der Waals surface area contributed by atoms with Crippen LogP contribution in [-0.4, -0.2) is 37.9 Å². The number of benzene rings is 3. The summed E-state index contributed by atoms with van der Waals surface area (Å²) in [6.07, 6.45) is 1.05. The number of nitrogens with zero attached hydrogens (tertiary/aromatic N) is 3. The van der Waals surface area contributed by atoms with Crippen molar-refractivity contribution in [3.05, 3.63) is 76.8 Å². The highest BCUT2D eigenvalue weighted by atomic mass is 35.5. The molecule has 0 aliphatic carbocycles. The zero-order chi connectivity index (χ0) is 18.8. The van der Waals surface area contributed by atoms with Gasteiger partial charge in [-0.05, 0) is 56.2 Å². The highest BCUT2D eigenvalue weighted by Crippen LogP contribution is 2.38. The molecule has 4 rings (SSSR count). The number of hydrogen-bond donors (Lipinski definition) is 0. The van der Waals surface area contributed by atoms with E-state index in [4.69, 9.17) is 16.6 Å². The average Bonchev–Trinajstić information content (AvgIpc) is 2.96. The molecule has 0 radical (unpaired) electrons. The number of rotatable bonds is 6. The summed E-state index contributed by atoms with van der Waals surface area (Å²) in [5.74, 6) is 1.08. The molecule has 3 aromatic carbocycles. The summed E-state index contributed by atoms with van der Waals surface area (Å²) in [5.41, 5.74) is 3.71. The molecule has 0 bridgehead atoms. The summed E-state index contributed by atoms with van der Waals surface area (Å²) in [6, 6.07) is 21.1. The van der Waals surface area contributed by atoms with Gasteiger partial charge in [-0.15, -0.1) is 24.8 Å². The molecule has 0 saturated carbocycles. The van der Waals surface area contributed by atoms with E-state index >= 15 is 0 Å². The maximum atomic E-state index is 6.06. The van der Waals surface area contributed by atoms with E-state index in [1.807, 2.05) is 12.1 Å². The predicted molar refractivity (Wildman–Crippen MR) is 131 cm³/mol. The monoisotopic (exact) mass is 449 g/mol. The van der Waals surface area contributed by atoms with Crippen LogP contribution in [0.15, 0.2) is 65.7 Å². The largest absolute Gasteiger partial charge is 0.321 e. The Balaban J connectivity index is 0.00000150. The molecule has 0 saturated heterocycles. The molecular formula is C23H26Cl3N3. The lowest BCUT2D eigenvalue weighted by molar-refractivity contribution is 0.403. The van der Waals surface area contributed by atoms with E-state index in [2.05, 4.69) is 72.4 Å². The minimum Gasteiger partial charge on any atom is -0.321 e. The topological polar surface area (TPSA) is 18.8 Å². The Kier molecular flexibility index (Phi) is 8.35. The smallest absolute Gasteiger partial charge is 0.136 e. The van der Waals surface area contributed by atoms with E-state index in [1.54, 1.807) is 0 Å². The summed E-state index contributed by atoms with van der Waals surface area (Å²) >= 11 is 6.06. The quantitative estimate of drug-likeness (QED) is 0.425. The molecule has 0 fully saturated rings. The molecule has 0 unspecified atom stereocenters. The molecule has 1 aliphatic heterocycles. The van der Waals surface area contributed by atoms with Gasteiger partial charge in [0.05, 0.1) is 5.69 Å². The van der Waals surface area contributed by atoms with Crippen molar-refractivity contribution in [3.8, 4) is 0 Å². The van der Waals surface area contributed by atoms with E-state index in [0.29, 0.717) is 0 Å². The van der Waals surface area contributed by atoms with Gasteiger partial charge in [0, 0.05) is 29.1 Å². The fourth-order valence-electron chi connectivity index (χ4n) is 3.67. The van der Waals surface area contributed by atoms with Gasteiger partial charge in [-0.25, -0.2) is 0 Å². The number of hydrogen-bond acceptors (Lipinski definition) is 2. The first-order chi connectivity index (χ1) is 13.1. The Bertz CT molecular complexity index is 979. The molecular weight excluding hydrogens is 425 g/mol. The lowest BCUT2D eigenvalue weighted by atomic mass is 10.1. The third kappa shape index (κ3) is 5.04. The van der Waals surface area contributed by atoms with Crippen LogP contribution in [-0.2, 0) is 6.54 Å². The number of anilines is 1. The summed E-state index contributed by atoms with van der Waals surface area (Å²) in [4.78, 5) is 9.57. The van der Waals surface area contributed by atoms with E-state index in [-0.39, 0.29) is 24.8 Å². The van der Waals surface area contributed by atoms with Gasteiger partial charge in [-0.1, -0.05) is 54.1 Å². The minimum atomic E-state index is 0. The zero-order valence-corrected chi connectivity index (χ0v) is 19.0. The molecule has 1 heterocycles. The predicted octanol–water partition coefficient (Wildman–Crippen LogP) is 6.06. The maximum absolute atomic E-state index is 6.06. The Morgan fingerprint density at radius 3 is 2.31 bits per heavy atom. The Morgan fingerprint density at radius 1 is 0.931 bits per heavy atom. The highest BCUT2D eigenvalue weighted by molar-refractivity contribution is 6.30. The van der Waals surface area contributed by atoms with Crippen molar-refractivity contribution < 1.29 is 0 Å². The Morgan fingerprint density at radius 2 is 1.62 bits per heavy atom. The van der Waals surface area contributed by atoms with Gasteiger partial charge in [-0.3, -0.25) is 4.99 Å². The summed E-state index contributed by atoms with van der Waals surface area (Å²) in [7, 11) is 4.21. The van der Waals surface area contributed by atoms with Gasteiger partial charge in [0.25, 0.3) is 0 Å². The van der Waals surface area contributed by atoms with Crippen LogP contribution in [0.25, 0.3) is 10.8 Å². The first-order valence-electron chi connectivity index (χ1n) is 9.37. The van der Waals surface area contributed by atoms with E-state index in [0.717, 1.165) is 36.9 Å². The van der Waals surface area contributed by atoms with Gasteiger partial charge in [0.1, 0.15) is 5.84 Å². The first kappa shape index (κ1) is 23.5. The van der Waals surface area contributed by atoms with Crippen molar-refractivity contribution >= 4 is 58.7 Å². The molecule has 3 aromatic rings. The molecule has 6 heteroatoms. The molecule has 3 nitrogen and oxygen atoms in total. The number of aliphatic imine (C=N–C) groups is 1. The van der Waals surface area contributed by atoms with Crippen LogP contribution in [0.4, 0.5) is 5.69 Å². The van der Waals surface area contributed by atoms with E-state index in [9.17, 15) is 0 Å². The number of amidine groups is 1. The lowest BCUT2D eigenvalue weighted by Gasteiger charge is -2.21. The fraction of sp³-hybridized carbons (Fsp3) is 0.261. The maximum Gasteiger partial charge on any atom is 0.136 e. The standard InChI is InChI=1S/C23H24ClN3.2ClH/c1-26(2)15-5-14-25-23-20-8-3-6-18-7-4-9-21(22(18)20)27(23)16-17-10-12-19(24)13-11-17;;/h3-4,6-13H,5,14-16H2,1-2H3;2*1H. The van der Waals surface area contributed by atoms with Crippen molar-refractivity contribution in [2.24, 2.45) is 4.99 Å². The highest BCUT2D eigenvalue weighted by Gasteiger charge is 2.27. The van der Waals surface area contributed by atoms with Crippen LogP contribution >= 0.6 is 36.4 Å². The third-order valence-corrected chi connectivity index (χ3v) is 5.20. The van der Waals surface area contributed by atoms with Crippen LogP contribution in [0.3, 0.4) is 0 Å². The second-order valence-electron chi connectivity index (χ2n) is 7.26. The number of halogens is 3. The zero-order valence-electron chi connectivity index (χ0n) is 16.6. The van der Waals surface area contributed by atoms with Crippen molar-refractivity contribution in [1.82, 2.24) is 4.90 Å². The van der Waals surface area contributed by atoms with Crippen molar-refractivity contribution in [3.63, 3.8) is 0 Å². The minimum absolute atomic E-state index is 0. The van der Waals surface area contributed by atoms with Crippen LogP contribution in [0, 0.1) is 0 Å². The van der Waals surface area contributed by atoms with Crippen LogP contribution in [0.5, 0.6) is 0 Å². The molecule has 0 amide bonds. The lowest BCUT2D eigenvalue weighted by Crippen LogP contribution is -2.27. The van der Waals surface area contributed by atoms with Gasteiger partial charge < -0.3 is 9.80 Å². The molecule has 0 aromatic heterocycles. The van der Waals surface area contributed by atoms with Gasteiger partial charge in [-0.2, -0.15) is 0 Å². The van der Waals surface area contributed by atoms with Crippen LogP contribution < -0.4 is 4.90 Å². The molecule has 29 heavy (non-hydrogen) atoms. The summed E-state index contributed by atoms with van der Waals surface area (Å²) in [5, 5.41) is 3.34. The van der Waals surface area contributed by atoms with Crippen LogP contribution in [0.2, 0.25) is 5.02 Å². The van der Waals surface area contributed by atoms with Gasteiger partial charge in [0.15, 0.2) is 0 Å². The summed E-state index contributed by atoms with van der Waals surface area (Å²) < 4.78 is 0. The van der Waals surface area contributed by atoms with Gasteiger partial charge >= 0.3 is 0 Å².